The summed E-state index contributed by atoms with van der Waals surface area (Å²) in [4.78, 5) is 2.08. The first kappa shape index (κ1) is 14.0. The van der Waals surface area contributed by atoms with Gasteiger partial charge in [0.25, 0.3) is 0 Å². The molecule has 0 fully saturated rings. The molecule has 0 atom stereocenters. The van der Waals surface area contributed by atoms with Crippen molar-refractivity contribution < 1.29 is 4.74 Å². The summed E-state index contributed by atoms with van der Waals surface area (Å²) in [5, 5.41) is 9.24. The monoisotopic (exact) mass is 266 g/mol. The van der Waals surface area contributed by atoms with E-state index in [-0.39, 0.29) is 0 Å². The van der Waals surface area contributed by atoms with Gasteiger partial charge >= 0.3 is 0 Å². The third-order valence-corrected chi connectivity index (χ3v) is 3.24. The second kappa shape index (κ2) is 6.12. The van der Waals surface area contributed by atoms with Crippen molar-refractivity contribution in [3.8, 4) is 11.8 Å². The topological polar surface area (TPSA) is 36.3 Å². The van der Waals surface area contributed by atoms with Crippen LogP contribution in [0, 0.1) is 18.3 Å². The van der Waals surface area contributed by atoms with E-state index in [1.807, 2.05) is 50.4 Å². The van der Waals surface area contributed by atoms with E-state index in [9.17, 15) is 5.26 Å². The van der Waals surface area contributed by atoms with E-state index in [2.05, 4.69) is 17.0 Å². The lowest BCUT2D eigenvalue weighted by atomic mass is 10.1. The molecule has 0 amide bonds. The van der Waals surface area contributed by atoms with Gasteiger partial charge in [0.05, 0.1) is 18.4 Å². The minimum Gasteiger partial charge on any atom is -0.497 e. The first-order valence-electron chi connectivity index (χ1n) is 6.49. The molecule has 0 aromatic heterocycles. The Labute approximate surface area is 120 Å². The zero-order valence-electron chi connectivity index (χ0n) is 12.1. The molecule has 3 nitrogen and oxygen atoms in total. The van der Waals surface area contributed by atoms with Crippen LogP contribution in [0.5, 0.6) is 5.75 Å². The third-order valence-electron chi connectivity index (χ3n) is 3.24. The zero-order chi connectivity index (χ0) is 14.5. The molecule has 102 valence electrons. The average molecular weight is 266 g/mol. The number of anilines is 1. The molecule has 0 saturated carbocycles. The molecule has 20 heavy (non-hydrogen) atoms. The quantitative estimate of drug-likeness (QED) is 0.849. The highest BCUT2D eigenvalue weighted by molar-refractivity contribution is 5.60. The van der Waals surface area contributed by atoms with Crippen LogP contribution in [0.3, 0.4) is 0 Å². The molecule has 3 heteroatoms. The Balaban J connectivity index is 2.24. The summed E-state index contributed by atoms with van der Waals surface area (Å²) < 4.78 is 5.23. The van der Waals surface area contributed by atoms with E-state index >= 15 is 0 Å². The summed E-state index contributed by atoms with van der Waals surface area (Å²) in [5.41, 5.74) is 3.90. The molecule has 0 aliphatic carbocycles. The van der Waals surface area contributed by atoms with E-state index in [0.29, 0.717) is 5.56 Å². The number of hydrogen-bond donors (Lipinski definition) is 0. The molecule has 0 heterocycles. The van der Waals surface area contributed by atoms with Gasteiger partial charge in [0.2, 0.25) is 0 Å². The highest BCUT2D eigenvalue weighted by Gasteiger charge is 2.08. The number of aryl methyl sites for hydroxylation is 1. The Morgan fingerprint density at radius 3 is 2.70 bits per heavy atom. The van der Waals surface area contributed by atoms with E-state index in [4.69, 9.17) is 4.74 Å². The molecule has 2 aromatic rings. The Hall–Kier alpha value is -2.47. The molecule has 0 N–H and O–H groups in total. The van der Waals surface area contributed by atoms with Crippen LogP contribution in [0.1, 0.15) is 16.7 Å². The number of methoxy groups -OCH3 is 1. The number of ether oxygens (including phenoxy) is 1. The maximum Gasteiger partial charge on any atom is 0.119 e. The van der Waals surface area contributed by atoms with Crippen LogP contribution in [-0.4, -0.2) is 14.2 Å². The Kier molecular flexibility index (Phi) is 4.27. The Bertz CT molecular complexity index is 644. The standard InChI is InChI=1S/C17H18N2O/c1-13-7-8-17(15(9-13)11-18)19(2)12-14-5-4-6-16(10-14)20-3/h4-10H,12H2,1-3H3. The molecular weight excluding hydrogens is 248 g/mol. The van der Waals surface area contributed by atoms with Crippen LogP contribution < -0.4 is 9.64 Å². The Morgan fingerprint density at radius 2 is 2.00 bits per heavy atom. The molecule has 2 aromatic carbocycles. The summed E-state index contributed by atoms with van der Waals surface area (Å²) in [6.07, 6.45) is 0. The van der Waals surface area contributed by atoms with Crippen LogP contribution in [0.4, 0.5) is 5.69 Å². The highest BCUT2D eigenvalue weighted by atomic mass is 16.5. The van der Waals surface area contributed by atoms with E-state index in [1.165, 1.54) is 0 Å². The second-order valence-electron chi connectivity index (χ2n) is 4.84. The number of nitrogens with zero attached hydrogens (tertiary/aromatic N) is 2. The van der Waals surface area contributed by atoms with Crippen molar-refractivity contribution in [2.45, 2.75) is 13.5 Å². The maximum absolute atomic E-state index is 9.24. The summed E-state index contributed by atoms with van der Waals surface area (Å²) in [6, 6.07) is 16.2. The summed E-state index contributed by atoms with van der Waals surface area (Å²) >= 11 is 0. The summed E-state index contributed by atoms with van der Waals surface area (Å²) in [5.74, 6) is 0.848. The van der Waals surface area contributed by atoms with Crippen molar-refractivity contribution in [3.63, 3.8) is 0 Å². The third kappa shape index (κ3) is 3.10. The van der Waals surface area contributed by atoms with Crippen molar-refractivity contribution in [3.05, 3.63) is 59.2 Å². The number of benzene rings is 2. The van der Waals surface area contributed by atoms with Gasteiger partial charge in [0.15, 0.2) is 0 Å². The predicted molar refractivity (Wildman–Crippen MR) is 81.0 cm³/mol. The molecule has 0 radical (unpaired) electrons. The van der Waals surface area contributed by atoms with Gasteiger partial charge < -0.3 is 9.64 Å². The highest BCUT2D eigenvalue weighted by Crippen LogP contribution is 2.23. The fraction of sp³-hybridized carbons (Fsp3) is 0.235. The number of nitriles is 1. The van der Waals surface area contributed by atoms with Gasteiger partial charge in [-0.1, -0.05) is 18.2 Å². The molecule has 0 aliphatic rings. The van der Waals surface area contributed by atoms with E-state index < -0.39 is 0 Å². The largest absolute Gasteiger partial charge is 0.497 e. The number of rotatable bonds is 4. The predicted octanol–water partition coefficient (Wildman–Crippen LogP) is 3.51. The van der Waals surface area contributed by atoms with Crippen LogP contribution in [0.25, 0.3) is 0 Å². The van der Waals surface area contributed by atoms with Crippen molar-refractivity contribution in [2.24, 2.45) is 0 Å². The lowest BCUT2D eigenvalue weighted by molar-refractivity contribution is 0.414. The lowest BCUT2D eigenvalue weighted by Gasteiger charge is -2.21. The van der Waals surface area contributed by atoms with Crippen molar-refractivity contribution in [2.75, 3.05) is 19.1 Å². The van der Waals surface area contributed by atoms with Gasteiger partial charge in [-0.3, -0.25) is 0 Å². The van der Waals surface area contributed by atoms with Gasteiger partial charge in [0, 0.05) is 13.6 Å². The number of hydrogen-bond acceptors (Lipinski definition) is 3. The SMILES string of the molecule is COc1cccc(CN(C)c2ccc(C)cc2C#N)c1. The van der Waals surface area contributed by atoms with Crippen LogP contribution >= 0.6 is 0 Å². The van der Waals surface area contributed by atoms with Gasteiger partial charge in [-0.25, -0.2) is 0 Å². The first-order valence-corrected chi connectivity index (χ1v) is 6.49. The summed E-state index contributed by atoms with van der Waals surface area (Å²) in [7, 11) is 3.65. The average Bonchev–Trinajstić information content (AvgIpc) is 2.47. The second-order valence-corrected chi connectivity index (χ2v) is 4.84. The van der Waals surface area contributed by atoms with Gasteiger partial charge in [-0.05, 0) is 42.3 Å². The minimum atomic E-state index is 0.704. The van der Waals surface area contributed by atoms with Gasteiger partial charge in [-0.15, -0.1) is 0 Å². The minimum absolute atomic E-state index is 0.704. The fourth-order valence-electron chi connectivity index (χ4n) is 2.20. The van der Waals surface area contributed by atoms with Crippen molar-refractivity contribution in [1.82, 2.24) is 0 Å². The van der Waals surface area contributed by atoms with E-state index in [1.54, 1.807) is 7.11 Å². The molecule has 2 rings (SSSR count). The molecule has 0 saturated heterocycles. The van der Waals surface area contributed by atoms with E-state index in [0.717, 1.165) is 29.1 Å². The zero-order valence-corrected chi connectivity index (χ0v) is 12.1. The van der Waals surface area contributed by atoms with Crippen LogP contribution in [0.2, 0.25) is 0 Å². The van der Waals surface area contributed by atoms with Crippen molar-refractivity contribution in [1.29, 1.82) is 5.26 Å². The maximum atomic E-state index is 9.24. The molecule has 0 spiro atoms. The molecular formula is C17H18N2O. The first-order chi connectivity index (χ1) is 9.63. The smallest absolute Gasteiger partial charge is 0.119 e. The lowest BCUT2D eigenvalue weighted by Crippen LogP contribution is -2.17. The Morgan fingerprint density at radius 1 is 1.20 bits per heavy atom. The summed E-state index contributed by atoms with van der Waals surface area (Å²) in [6.45, 7) is 2.72. The molecule has 0 unspecified atom stereocenters. The van der Waals surface area contributed by atoms with Crippen LogP contribution in [0.15, 0.2) is 42.5 Å². The van der Waals surface area contributed by atoms with Gasteiger partial charge in [-0.2, -0.15) is 5.26 Å². The normalized spacial score (nSPS) is 9.90. The van der Waals surface area contributed by atoms with Crippen LogP contribution in [-0.2, 0) is 6.54 Å². The molecule has 0 bridgehead atoms. The van der Waals surface area contributed by atoms with Gasteiger partial charge in [0.1, 0.15) is 11.8 Å². The molecule has 0 aliphatic heterocycles. The fourth-order valence-corrected chi connectivity index (χ4v) is 2.20. The van der Waals surface area contributed by atoms with Crippen molar-refractivity contribution >= 4 is 5.69 Å².